The van der Waals surface area contributed by atoms with Crippen LogP contribution in [0, 0.1) is 5.92 Å². The van der Waals surface area contributed by atoms with Crippen LogP contribution in [-0.2, 0) is 23.0 Å². The minimum atomic E-state index is -3.41. The quantitative estimate of drug-likeness (QED) is 0.550. The van der Waals surface area contributed by atoms with Crippen molar-refractivity contribution in [1.82, 2.24) is 9.55 Å². The van der Waals surface area contributed by atoms with Crippen LogP contribution < -0.4 is 26.2 Å². The molecule has 3 rings (SSSR count). The molecule has 0 bridgehead atoms. The highest BCUT2D eigenvalue weighted by molar-refractivity contribution is 7.92. The standard InChI is InChI=1S/C23H33N5O5S/c1-5-6-11-27-20(24)19(21(29)25-23(27)31)26(12-9-15(2)3)22(30)17-7-8-18-16(14-17)10-13-28(18)34(4,32)33/h7-8,14-15H,5-6,9-13,24H2,1-4H3,(H,25,29,31). The number of anilines is 3. The van der Waals surface area contributed by atoms with Crippen molar-refractivity contribution in [3.05, 3.63) is 50.2 Å². The zero-order chi connectivity index (χ0) is 25.2. The third-order valence-electron chi connectivity index (χ3n) is 5.97. The maximum atomic E-state index is 13.6. The van der Waals surface area contributed by atoms with E-state index in [0.717, 1.165) is 18.2 Å². The topological polar surface area (TPSA) is 139 Å². The molecule has 0 aliphatic carbocycles. The van der Waals surface area contributed by atoms with Crippen molar-refractivity contribution in [3.63, 3.8) is 0 Å². The van der Waals surface area contributed by atoms with Crippen molar-refractivity contribution < 1.29 is 13.2 Å². The van der Waals surface area contributed by atoms with E-state index in [9.17, 15) is 22.8 Å². The molecular formula is C23H33N5O5S. The summed E-state index contributed by atoms with van der Waals surface area (Å²) in [5, 5.41) is 0. The Hall–Kier alpha value is -3.08. The van der Waals surface area contributed by atoms with E-state index in [1.165, 1.54) is 13.8 Å². The number of rotatable bonds is 9. The van der Waals surface area contributed by atoms with Gasteiger partial charge in [0, 0.05) is 25.2 Å². The number of nitrogens with two attached hydrogens (primary N) is 1. The van der Waals surface area contributed by atoms with Crippen LogP contribution in [0.1, 0.15) is 56.0 Å². The Balaban J connectivity index is 2.07. The molecule has 0 atom stereocenters. The molecular weight excluding hydrogens is 458 g/mol. The number of carbonyl (C=O) groups excluding carboxylic acids is 1. The summed E-state index contributed by atoms with van der Waals surface area (Å²) in [5.41, 5.74) is 6.55. The average Bonchev–Trinajstić information content (AvgIpc) is 3.19. The minimum Gasteiger partial charge on any atom is -0.383 e. The Morgan fingerprint density at radius 1 is 1.26 bits per heavy atom. The molecule has 186 valence electrons. The summed E-state index contributed by atoms with van der Waals surface area (Å²) in [6.45, 7) is 6.88. The maximum absolute atomic E-state index is 13.6. The summed E-state index contributed by atoms with van der Waals surface area (Å²) in [6.07, 6.45) is 3.77. The van der Waals surface area contributed by atoms with Gasteiger partial charge in [-0.15, -0.1) is 0 Å². The summed E-state index contributed by atoms with van der Waals surface area (Å²) in [7, 11) is -3.41. The van der Waals surface area contributed by atoms with Crippen molar-refractivity contribution in [3.8, 4) is 0 Å². The molecule has 0 saturated carbocycles. The minimum absolute atomic E-state index is 0.0382. The summed E-state index contributed by atoms with van der Waals surface area (Å²) in [6, 6.07) is 4.85. The lowest BCUT2D eigenvalue weighted by atomic mass is 10.1. The Labute approximate surface area is 199 Å². The lowest BCUT2D eigenvalue weighted by molar-refractivity contribution is 0.0985. The van der Waals surface area contributed by atoms with Crippen LogP contribution in [0.3, 0.4) is 0 Å². The van der Waals surface area contributed by atoms with E-state index in [1.807, 2.05) is 20.8 Å². The van der Waals surface area contributed by atoms with Gasteiger partial charge in [0.1, 0.15) is 5.82 Å². The summed E-state index contributed by atoms with van der Waals surface area (Å²) < 4.78 is 26.7. The van der Waals surface area contributed by atoms with Gasteiger partial charge in [0.15, 0.2) is 5.69 Å². The molecule has 0 saturated heterocycles. The third-order valence-corrected chi connectivity index (χ3v) is 7.15. The SMILES string of the molecule is CCCCn1c(N)c(N(CCC(C)C)C(=O)c2ccc3c(c2)CCN3S(C)(=O)=O)c(=O)[nH]c1=O. The molecule has 1 aromatic heterocycles. The maximum Gasteiger partial charge on any atom is 0.330 e. The van der Waals surface area contributed by atoms with Gasteiger partial charge in [-0.2, -0.15) is 0 Å². The number of nitrogens with zero attached hydrogens (tertiary/aromatic N) is 3. The molecule has 11 heteroatoms. The number of sulfonamides is 1. The van der Waals surface area contributed by atoms with E-state index >= 15 is 0 Å². The number of fused-ring (bicyclic) bond motifs is 1. The van der Waals surface area contributed by atoms with Gasteiger partial charge in [0.05, 0.1) is 11.9 Å². The van der Waals surface area contributed by atoms with Gasteiger partial charge in [-0.1, -0.05) is 27.2 Å². The van der Waals surface area contributed by atoms with Gasteiger partial charge >= 0.3 is 5.69 Å². The van der Waals surface area contributed by atoms with Crippen molar-refractivity contribution in [2.45, 2.75) is 53.0 Å². The van der Waals surface area contributed by atoms with Crippen LogP contribution in [-0.4, -0.2) is 43.2 Å². The first kappa shape index (κ1) is 25.5. The van der Waals surface area contributed by atoms with Gasteiger partial charge < -0.3 is 10.6 Å². The number of aromatic nitrogens is 2. The zero-order valence-corrected chi connectivity index (χ0v) is 20.9. The first-order valence-corrected chi connectivity index (χ1v) is 13.4. The lowest BCUT2D eigenvalue weighted by Gasteiger charge is -2.25. The second-order valence-corrected chi connectivity index (χ2v) is 11.0. The van der Waals surface area contributed by atoms with E-state index in [1.54, 1.807) is 18.2 Å². The van der Waals surface area contributed by atoms with Crippen LogP contribution >= 0.6 is 0 Å². The number of benzene rings is 1. The number of amides is 1. The molecule has 1 amide bonds. The number of H-pyrrole nitrogens is 1. The van der Waals surface area contributed by atoms with Crippen LogP contribution in [0.25, 0.3) is 0 Å². The molecule has 2 heterocycles. The molecule has 1 aliphatic rings. The van der Waals surface area contributed by atoms with Gasteiger partial charge in [-0.05, 0) is 48.9 Å². The summed E-state index contributed by atoms with van der Waals surface area (Å²) in [4.78, 5) is 42.5. The number of unbranched alkanes of at least 4 members (excludes halogenated alkanes) is 1. The number of nitrogen functional groups attached to an aromatic ring is 1. The van der Waals surface area contributed by atoms with Crippen LogP contribution in [0.2, 0.25) is 0 Å². The molecule has 0 unspecified atom stereocenters. The largest absolute Gasteiger partial charge is 0.383 e. The van der Waals surface area contributed by atoms with E-state index < -0.39 is 27.2 Å². The number of carbonyl (C=O) groups is 1. The van der Waals surface area contributed by atoms with Crippen molar-refractivity contribution in [2.24, 2.45) is 5.92 Å². The zero-order valence-electron chi connectivity index (χ0n) is 20.1. The average molecular weight is 492 g/mol. The highest BCUT2D eigenvalue weighted by Crippen LogP contribution is 2.31. The lowest BCUT2D eigenvalue weighted by Crippen LogP contribution is -2.42. The summed E-state index contributed by atoms with van der Waals surface area (Å²) in [5.74, 6) is -0.215. The predicted octanol–water partition coefficient (Wildman–Crippen LogP) is 1.93. The number of hydrogen-bond acceptors (Lipinski definition) is 6. The molecule has 1 aliphatic heterocycles. The molecule has 0 radical (unpaired) electrons. The second-order valence-electron chi connectivity index (χ2n) is 9.07. The monoisotopic (exact) mass is 491 g/mol. The molecule has 3 N–H and O–H groups in total. The Morgan fingerprint density at radius 2 is 1.97 bits per heavy atom. The van der Waals surface area contributed by atoms with Gasteiger partial charge in [-0.3, -0.25) is 23.4 Å². The van der Waals surface area contributed by atoms with Gasteiger partial charge in [-0.25, -0.2) is 13.2 Å². The van der Waals surface area contributed by atoms with Crippen molar-refractivity contribution >= 4 is 33.1 Å². The highest BCUT2D eigenvalue weighted by atomic mass is 32.2. The van der Waals surface area contributed by atoms with Crippen LogP contribution in [0.5, 0.6) is 0 Å². The first-order valence-electron chi connectivity index (χ1n) is 11.5. The fraction of sp³-hybridized carbons (Fsp3) is 0.522. The number of nitrogens with one attached hydrogen (secondary N) is 1. The van der Waals surface area contributed by atoms with Gasteiger partial charge in [0.25, 0.3) is 11.5 Å². The molecule has 1 aromatic carbocycles. The predicted molar refractivity (Wildman–Crippen MR) is 134 cm³/mol. The normalized spacial score (nSPS) is 13.4. The summed E-state index contributed by atoms with van der Waals surface area (Å²) >= 11 is 0. The van der Waals surface area contributed by atoms with Crippen molar-refractivity contribution in [1.29, 1.82) is 0 Å². The Kier molecular flexibility index (Phi) is 7.54. The number of aromatic amines is 1. The molecule has 34 heavy (non-hydrogen) atoms. The second kappa shape index (κ2) is 10.0. The molecule has 2 aromatic rings. The fourth-order valence-corrected chi connectivity index (χ4v) is 5.04. The van der Waals surface area contributed by atoms with Crippen LogP contribution in [0.15, 0.2) is 27.8 Å². The van der Waals surface area contributed by atoms with E-state index in [-0.39, 0.29) is 24.0 Å². The molecule has 0 spiro atoms. The highest BCUT2D eigenvalue weighted by Gasteiger charge is 2.29. The van der Waals surface area contributed by atoms with Crippen molar-refractivity contribution in [2.75, 3.05) is 34.3 Å². The van der Waals surface area contributed by atoms with E-state index in [0.29, 0.717) is 43.6 Å². The fourth-order valence-electron chi connectivity index (χ4n) is 4.08. The third kappa shape index (κ3) is 5.19. The van der Waals surface area contributed by atoms with Gasteiger partial charge in [0.2, 0.25) is 10.0 Å². The molecule has 0 fully saturated rings. The Bertz CT molecular complexity index is 1300. The Morgan fingerprint density at radius 3 is 2.59 bits per heavy atom. The smallest absolute Gasteiger partial charge is 0.330 e. The van der Waals surface area contributed by atoms with E-state index in [2.05, 4.69) is 4.98 Å². The van der Waals surface area contributed by atoms with Crippen LogP contribution in [0.4, 0.5) is 17.2 Å². The molecule has 10 nitrogen and oxygen atoms in total. The number of hydrogen-bond donors (Lipinski definition) is 2. The van der Waals surface area contributed by atoms with E-state index in [4.69, 9.17) is 5.73 Å². The first-order chi connectivity index (χ1) is 16.0.